The Morgan fingerprint density at radius 2 is 1.31 bits per heavy atom. The van der Waals surface area contributed by atoms with Gasteiger partial charge in [0.1, 0.15) is 12.1 Å². The van der Waals surface area contributed by atoms with E-state index in [1.807, 2.05) is 66.7 Å². The van der Waals surface area contributed by atoms with E-state index in [1.165, 1.54) is 6.92 Å². The van der Waals surface area contributed by atoms with Crippen LogP contribution in [-0.2, 0) is 41.6 Å². The normalized spacial score (nSPS) is 13.1. The molecule has 0 radical (unpaired) electrons. The lowest BCUT2D eigenvalue weighted by molar-refractivity contribution is -0.142. The molecule has 4 amide bonds. The fourth-order valence-corrected chi connectivity index (χ4v) is 5.56. The summed E-state index contributed by atoms with van der Waals surface area (Å²) in [6.45, 7) is 2.23. The SMILES string of the molecule is CC(=O)Nc1ccc(-c2ccc(C[C@@H](NC(=O)[C@@H](N)CCNC[C@@H](N)Cc3ccccc3)C(=O)NCC[C@@H](NC(=O)CCCC(=O)O)C(=O)O)cc2)cc1. The predicted molar refractivity (Wildman–Crippen MR) is 204 cm³/mol. The Balaban J connectivity index is 1.61. The summed E-state index contributed by atoms with van der Waals surface area (Å²) in [6, 6.07) is 21.1. The summed E-state index contributed by atoms with van der Waals surface area (Å²) in [7, 11) is 0. The molecule has 3 rings (SSSR count). The molecule has 15 heteroatoms. The third-order valence-corrected chi connectivity index (χ3v) is 8.44. The maximum atomic E-state index is 13.5. The van der Waals surface area contributed by atoms with Crippen LogP contribution in [0, 0.1) is 0 Å². The van der Waals surface area contributed by atoms with E-state index in [0.717, 1.165) is 22.3 Å². The van der Waals surface area contributed by atoms with E-state index < -0.39 is 47.8 Å². The van der Waals surface area contributed by atoms with Crippen molar-refractivity contribution in [2.24, 2.45) is 11.5 Å². The number of carboxylic acid groups (broad SMARTS) is 2. The second-order valence-electron chi connectivity index (χ2n) is 13.1. The smallest absolute Gasteiger partial charge is 0.326 e. The molecule has 0 aliphatic rings. The Morgan fingerprint density at radius 1 is 0.685 bits per heavy atom. The number of carbonyl (C=O) groups excluding carboxylic acids is 4. The van der Waals surface area contributed by atoms with Crippen LogP contribution in [0.3, 0.4) is 0 Å². The van der Waals surface area contributed by atoms with Gasteiger partial charge in [-0.25, -0.2) is 4.79 Å². The lowest BCUT2D eigenvalue weighted by Crippen LogP contribution is -2.53. The fourth-order valence-electron chi connectivity index (χ4n) is 5.56. The van der Waals surface area contributed by atoms with Gasteiger partial charge in [-0.3, -0.25) is 24.0 Å². The molecule has 0 spiro atoms. The van der Waals surface area contributed by atoms with Gasteiger partial charge in [0.15, 0.2) is 0 Å². The van der Waals surface area contributed by atoms with Crippen molar-refractivity contribution in [2.45, 2.75) is 76.0 Å². The summed E-state index contributed by atoms with van der Waals surface area (Å²) < 4.78 is 0. The highest BCUT2D eigenvalue weighted by Gasteiger charge is 2.26. The van der Waals surface area contributed by atoms with Gasteiger partial charge in [0.2, 0.25) is 23.6 Å². The Labute approximate surface area is 314 Å². The van der Waals surface area contributed by atoms with Crippen molar-refractivity contribution in [2.75, 3.05) is 25.0 Å². The molecule has 0 aliphatic heterocycles. The van der Waals surface area contributed by atoms with Gasteiger partial charge in [-0.2, -0.15) is 0 Å². The molecule has 0 aliphatic carbocycles. The number of aliphatic carboxylic acids is 2. The summed E-state index contributed by atoms with van der Waals surface area (Å²) in [4.78, 5) is 72.7. The topological polar surface area (TPSA) is 255 Å². The van der Waals surface area contributed by atoms with Gasteiger partial charge < -0.3 is 48.3 Å². The number of nitrogens with one attached hydrogen (secondary N) is 5. The molecule has 0 saturated carbocycles. The molecule has 0 bridgehead atoms. The molecule has 0 saturated heterocycles. The molecule has 0 unspecified atom stereocenters. The minimum atomic E-state index is -1.32. The summed E-state index contributed by atoms with van der Waals surface area (Å²) in [5.41, 5.74) is 16.8. The quantitative estimate of drug-likeness (QED) is 0.0630. The number of hydrogen-bond acceptors (Lipinski definition) is 9. The van der Waals surface area contributed by atoms with E-state index in [2.05, 4.69) is 26.6 Å². The van der Waals surface area contributed by atoms with Crippen molar-refractivity contribution in [1.29, 1.82) is 0 Å². The first-order valence-corrected chi connectivity index (χ1v) is 17.9. The monoisotopic (exact) mass is 745 g/mol. The number of rotatable bonds is 23. The summed E-state index contributed by atoms with van der Waals surface area (Å²) in [5, 5.41) is 32.1. The number of carbonyl (C=O) groups is 6. The Bertz CT molecular complexity index is 1690. The van der Waals surface area contributed by atoms with Crippen LogP contribution in [0.5, 0.6) is 0 Å². The molecular weight excluding hydrogens is 694 g/mol. The van der Waals surface area contributed by atoms with Gasteiger partial charge in [0, 0.05) is 51.0 Å². The Hall–Kier alpha value is -5.64. The maximum absolute atomic E-state index is 13.5. The van der Waals surface area contributed by atoms with Crippen LogP contribution in [0.25, 0.3) is 11.1 Å². The number of anilines is 1. The van der Waals surface area contributed by atoms with E-state index >= 15 is 0 Å². The highest BCUT2D eigenvalue weighted by Crippen LogP contribution is 2.22. The average molecular weight is 746 g/mol. The van der Waals surface area contributed by atoms with Crippen molar-refractivity contribution in [3.05, 3.63) is 90.0 Å². The third-order valence-electron chi connectivity index (χ3n) is 8.44. The predicted octanol–water partition coefficient (Wildman–Crippen LogP) is 1.55. The van der Waals surface area contributed by atoms with Crippen molar-refractivity contribution >= 4 is 41.3 Å². The second kappa shape index (κ2) is 22.4. The standard InChI is InChI=1S/C39H51N7O8/c1-25(47)44-31-16-14-29(15-17-31)28-12-10-27(11-13-28)23-34(38(52)43-21-19-33(39(53)54)45-35(48)8-5-9-36(49)50)46-37(51)32(41)18-20-42-24-30(40)22-26-6-3-2-4-7-26/h2-4,6-7,10-17,30,32-34,42H,5,8-9,18-24,40-41H2,1H3,(H,43,52)(H,44,47)(H,45,48)(H,46,51)(H,49,50)(H,53,54)/t30-,32-,33+,34+/m0/s1. The van der Waals surface area contributed by atoms with Crippen LogP contribution < -0.4 is 38.1 Å². The lowest BCUT2D eigenvalue weighted by atomic mass is 9.99. The summed E-state index contributed by atoms with van der Waals surface area (Å²) in [6.07, 6.45) is 0.578. The van der Waals surface area contributed by atoms with Crippen molar-refractivity contribution in [1.82, 2.24) is 21.3 Å². The fraction of sp³-hybridized carbons (Fsp3) is 0.385. The zero-order valence-electron chi connectivity index (χ0n) is 30.4. The lowest BCUT2D eigenvalue weighted by Gasteiger charge is -2.22. The third kappa shape index (κ3) is 15.9. The first-order valence-electron chi connectivity index (χ1n) is 17.9. The minimum absolute atomic E-state index is 0.0531. The van der Waals surface area contributed by atoms with Crippen molar-refractivity contribution in [3.8, 4) is 11.1 Å². The number of nitrogens with two attached hydrogens (primary N) is 2. The molecule has 11 N–H and O–H groups in total. The van der Waals surface area contributed by atoms with Crippen molar-refractivity contribution < 1.29 is 39.0 Å². The molecule has 0 aromatic heterocycles. The van der Waals surface area contributed by atoms with E-state index in [4.69, 9.17) is 16.6 Å². The van der Waals surface area contributed by atoms with Gasteiger partial charge in [-0.1, -0.05) is 66.7 Å². The Morgan fingerprint density at radius 3 is 1.93 bits per heavy atom. The van der Waals surface area contributed by atoms with Crippen LogP contribution in [0.1, 0.15) is 50.2 Å². The summed E-state index contributed by atoms with van der Waals surface area (Å²) in [5.74, 6) is -4.29. The number of hydrogen-bond donors (Lipinski definition) is 9. The summed E-state index contributed by atoms with van der Waals surface area (Å²) >= 11 is 0. The van der Waals surface area contributed by atoms with Gasteiger partial charge >= 0.3 is 11.9 Å². The second-order valence-corrected chi connectivity index (χ2v) is 13.1. The van der Waals surface area contributed by atoms with Gasteiger partial charge in [0.05, 0.1) is 6.04 Å². The minimum Gasteiger partial charge on any atom is -0.481 e. The van der Waals surface area contributed by atoms with Crippen LogP contribution in [-0.4, -0.2) is 89.6 Å². The van der Waals surface area contributed by atoms with Crippen LogP contribution in [0.15, 0.2) is 78.9 Å². The maximum Gasteiger partial charge on any atom is 0.326 e. The van der Waals surface area contributed by atoms with Gasteiger partial charge in [0.25, 0.3) is 0 Å². The molecule has 3 aromatic rings. The zero-order valence-corrected chi connectivity index (χ0v) is 30.4. The van der Waals surface area contributed by atoms with Crippen LogP contribution >= 0.6 is 0 Å². The molecule has 3 aromatic carbocycles. The van der Waals surface area contributed by atoms with Crippen molar-refractivity contribution in [3.63, 3.8) is 0 Å². The highest BCUT2D eigenvalue weighted by molar-refractivity contribution is 5.90. The zero-order chi connectivity index (χ0) is 39.5. The van der Waals surface area contributed by atoms with Gasteiger partial charge in [-0.05, 0) is 66.6 Å². The largest absolute Gasteiger partial charge is 0.481 e. The van der Waals surface area contributed by atoms with Gasteiger partial charge in [-0.15, -0.1) is 0 Å². The molecule has 54 heavy (non-hydrogen) atoms. The van der Waals surface area contributed by atoms with E-state index in [-0.39, 0.29) is 57.0 Å². The van der Waals surface area contributed by atoms with Crippen LogP contribution in [0.2, 0.25) is 0 Å². The van der Waals surface area contributed by atoms with E-state index in [9.17, 15) is 33.9 Å². The Kier molecular flexibility index (Phi) is 17.8. The first-order chi connectivity index (χ1) is 25.8. The molecule has 15 nitrogen and oxygen atoms in total. The first kappa shape index (κ1) is 42.8. The molecular formula is C39H51N7O8. The number of amides is 4. The molecule has 0 heterocycles. The van der Waals surface area contributed by atoms with Crippen LogP contribution in [0.4, 0.5) is 5.69 Å². The van der Waals surface area contributed by atoms with E-state index in [1.54, 1.807) is 12.1 Å². The molecule has 0 fully saturated rings. The highest BCUT2D eigenvalue weighted by atomic mass is 16.4. The number of benzene rings is 3. The molecule has 4 atom stereocenters. The average Bonchev–Trinajstić information content (AvgIpc) is 3.13. The van der Waals surface area contributed by atoms with E-state index in [0.29, 0.717) is 25.2 Å². The number of carboxylic acids is 2. The molecule has 290 valence electrons.